The average Bonchev–Trinajstić information content (AvgIpc) is 2.37. The lowest BCUT2D eigenvalue weighted by molar-refractivity contribution is -0.144. The number of carbonyl (C=O) groups is 2. The van der Waals surface area contributed by atoms with Crippen LogP contribution in [-0.2, 0) is 4.79 Å². The molecule has 2 rings (SSSR count). The number of phenolic OH excluding ortho intramolecular Hbond substituents is 1. The number of carbonyl (C=O) groups excluding carboxylic acids is 1. The van der Waals surface area contributed by atoms with E-state index < -0.39 is 11.9 Å². The molecule has 1 heterocycles. The third kappa shape index (κ3) is 3.09. The first-order valence-corrected chi connectivity index (χ1v) is 7.02. The number of amides is 2. The van der Waals surface area contributed by atoms with Crippen molar-refractivity contribution in [1.29, 1.82) is 0 Å². The van der Waals surface area contributed by atoms with Gasteiger partial charge in [-0.3, -0.25) is 9.69 Å². The summed E-state index contributed by atoms with van der Waals surface area (Å²) in [6, 6.07) is 6.38. The highest BCUT2D eigenvalue weighted by Crippen LogP contribution is 2.27. The molecule has 1 saturated heterocycles. The lowest BCUT2D eigenvalue weighted by Gasteiger charge is -2.43. The highest BCUT2D eigenvalue weighted by molar-refractivity contribution is 5.92. The van der Waals surface area contributed by atoms with Gasteiger partial charge in [-0.25, -0.2) is 4.79 Å². The lowest BCUT2D eigenvalue weighted by Crippen LogP contribution is -2.57. The molecule has 1 atom stereocenters. The number of aliphatic carboxylic acids is 1. The number of hydrogen-bond acceptors (Lipinski definition) is 3. The predicted octanol–water partition coefficient (Wildman–Crippen LogP) is 1.99. The Morgan fingerprint density at radius 3 is 2.62 bits per heavy atom. The van der Waals surface area contributed by atoms with Crippen LogP contribution in [0.15, 0.2) is 24.3 Å². The standard InChI is InChI=1S/C15H20N2O4/c1-3-17(12-5-4-6-13(18)7-12)15(21)16-8-11(9-16)10(2)14(19)20/h4-7,10-11,18H,3,8-9H2,1-2H3,(H,19,20). The molecule has 1 aliphatic heterocycles. The summed E-state index contributed by atoms with van der Waals surface area (Å²) in [5, 5.41) is 18.5. The van der Waals surface area contributed by atoms with E-state index in [1.54, 1.807) is 41.0 Å². The SMILES string of the molecule is CCN(C(=O)N1CC(C(C)C(=O)O)C1)c1cccc(O)c1. The fourth-order valence-electron chi connectivity index (χ4n) is 2.45. The van der Waals surface area contributed by atoms with Gasteiger partial charge in [0.1, 0.15) is 5.75 Å². The van der Waals surface area contributed by atoms with Gasteiger partial charge in [0.25, 0.3) is 0 Å². The Morgan fingerprint density at radius 1 is 1.43 bits per heavy atom. The number of aromatic hydroxyl groups is 1. The van der Waals surface area contributed by atoms with E-state index in [4.69, 9.17) is 5.11 Å². The Bertz CT molecular complexity index is 540. The molecule has 21 heavy (non-hydrogen) atoms. The van der Waals surface area contributed by atoms with E-state index in [0.29, 0.717) is 25.3 Å². The number of benzene rings is 1. The Labute approximate surface area is 123 Å². The van der Waals surface area contributed by atoms with Crippen molar-refractivity contribution in [3.05, 3.63) is 24.3 Å². The molecule has 6 nitrogen and oxygen atoms in total. The van der Waals surface area contributed by atoms with Crippen molar-refractivity contribution in [2.24, 2.45) is 11.8 Å². The van der Waals surface area contributed by atoms with Crippen LogP contribution in [0.2, 0.25) is 0 Å². The number of rotatable bonds is 4. The summed E-state index contributed by atoms with van der Waals surface area (Å²) in [6.45, 7) is 4.93. The van der Waals surface area contributed by atoms with Crippen LogP contribution in [0.5, 0.6) is 5.75 Å². The van der Waals surface area contributed by atoms with Crippen LogP contribution >= 0.6 is 0 Å². The van der Waals surface area contributed by atoms with Gasteiger partial charge in [0, 0.05) is 37.3 Å². The Kier molecular flexibility index (Phi) is 4.35. The monoisotopic (exact) mass is 292 g/mol. The number of hydrogen-bond donors (Lipinski definition) is 2. The summed E-state index contributed by atoms with van der Waals surface area (Å²) in [5.41, 5.74) is 0.636. The Balaban J connectivity index is 2.01. The molecule has 0 saturated carbocycles. The van der Waals surface area contributed by atoms with Crippen LogP contribution in [0.4, 0.5) is 10.5 Å². The summed E-state index contributed by atoms with van der Waals surface area (Å²) in [5.74, 6) is -1.15. The molecule has 0 radical (unpaired) electrons. The maximum Gasteiger partial charge on any atom is 0.324 e. The molecule has 1 fully saturated rings. The van der Waals surface area contributed by atoms with E-state index in [1.165, 1.54) is 0 Å². The molecule has 2 N–H and O–H groups in total. The molecular weight excluding hydrogens is 272 g/mol. The number of likely N-dealkylation sites (tertiary alicyclic amines) is 1. The van der Waals surface area contributed by atoms with Crippen molar-refractivity contribution >= 4 is 17.7 Å². The zero-order chi connectivity index (χ0) is 15.6. The summed E-state index contributed by atoms with van der Waals surface area (Å²) >= 11 is 0. The smallest absolute Gasteiger partial charge is 0.324 e. The summed E-state index contributed by atoms with van der Waals surface area (Å²) in [4.78, 5) is 26.6. The summed E-state index contributed by atoms with van der Waals surface area (Å²) < 4.78 is 0. The van der Waals surface area contributed by atoms with Crippen LogP contribution in [0.1, 0.15) is 13.8 Å². The third-order valence-electron chi connectivity index (χ3n) is 3.97. The number of nitrogens with zero attached hydrogens (tertiary/aromatic N) is 2. The van der Waals surface area contributed by atoms with Crippen molar-refractivity contribution in [2.75, 3.05) is 24.5 Å². The zero-order valence-electron chi connectivity index (χ0n) is 12.2. The van der Waals surface area contributed by atoms with Gasteiger partial charge in [0.15, 0.2) is 0 Å². The van der Waals surface area contributed by atoms with E-state index in [-0.39, 0.29) is 17.7 Å². The molecule has 114 valence electrons. The highest BCUT2D eigenvalue weighted by atomic mass is 16.4. The molecule has 0 aromatic heterocycles. The second kappa shape index (κ2) is 6.03. The predicted molar refractivity (Wildman–Crippen MR) is 78.4 cm³/mol. The van der Waals surface area contributed by atoms with Gasteiger partial charge in [-0.05, 0) is 19.1 Å². The molecule has 6 heteroatoms. The van der Waals surface area contributed by atoms with Crippen LogP contribution in [0.3, 0.4) is 0 Å². The van der Waals surface area contributed by atoms with Gasteiger partial charge < -0.3 is 15.1 Å². The molecule has 2 amide bonds. The Morgan fingerprint density at radius 2 is 2.10 bits per heavy atom. The van der Waals surface area contributed by atoms with E-state index in [0.717, 1.165) is 0 Å². The van der Waals surface area contributed by atoms with E-state index in [9.17, 15) is 14.7 Å². The van der Waals surface area contributed by atoms with Crippen molar-refractivity contribution in [3.63, 3.8) is 0 Å². The van der Waals surface area contributed by atoms with Gasteiger partial charge in [-0.2, -0.15) is 0 Å². The molecule has 0 aliphatic carbocycles. The number of carboxylic acids is 1. The minimum atomic E-state index is -0.826. The third-order valence-corrected chi connectivity index (χ3v) is 3.97. The first-order valence-electron chi connectivity index (χ1n) is 7.02. The zero-order valence-corrected chi connectivity index (χ0v) is 12.2. The summed E-state index contributed by atoms with van der Waals surface area (Å²) in [7, 11) is 0. The van der Waals surface area contributed by atoms with Gasteiger partial charge in [0.2, 0.25) is 0 Å². The van der Waals surface area contributed by atoms with Gasteiger partial charge in [-0.15, -0.1) is 0 Å². The molecule has 0 bridgehead atoms. The lowest BCUT2D eigenvalue weighted by atomic mass is 9.87. The van der Waals surface area contributed by atoms with Crippen molar-refractivity contribution in [2.45, 2.75) is 13.8 Å². The number of phenols is 1. The van der Waals surface area contributed by atoms with E-state index in [2.05, 4.69) is 0 Å². The molecular formula is C15H20N2O4. The largest absolute Gasteiger partial charge is 0.508 e. The first-order chi connectivity index (χ1) is 9.93. The highest BCUT2D eigenvalue weighted by Gasteiger charge is 2.38. The molecule has 1 unspecified atom stereocenters. The Hall–Kier alpha value is -2.24. The van der Waals surface area contributed by atoms with Gasteiger partial charge in [-0.1, -0.05) is 13.0 Å². The minimum absolute atomic E-state index is 0.00864. The van der Waals surface area contributed by atoms with Crippen LogP contribution in [-0.4, -0.2) is 46.7 Å². The topological polar surface area (TPSA) is 81.1 Å². The van der Waals surface area contributed by atoms with Crippen LogP contribution in [0.25, 0.3) is 0 Å². The average molecular weight is 292 g/mol. The fraction of sp³-hybridized carbons (Fsp3) is 0.467. The number of urea groups is 1. The first kappa shape index (κ1) is 15.2. The van der Waals surface area contributed by atoms with E-state index in [1.807, 2.05) is 6.92 Å². The molecule has 1 aromatic carbocycles. The van der Waals surface area contributed by atoms with Gasteiger partial charge >= 0.3 is 12.0 Å². The minimum Gasteiger partial charge on any atom is -0.508 e. The number of carboxylic acid groups (broad SMARTS) is 1. The van der Waals surface area contributed by atoms with Crippen molar-refractivity contribution in [3.8, 4) is 5.75 Å². The quantitative estimate of drug-likeness (QED) is 0.889. The summed E-state index contributed by atoms with van der Waals surface area (Å²) in [6.07, 6.45) is 0. The normalized spacial score (nSPS) is 16.2. The van der Waals surface area contributed by atoms with Crippen molar-refractivity contribution < 1.29 is 19.8 Å². The number of anilines is 1. The van der Waals surface area contributed by atoms with E-state index >= 15 is 0 Å². The molecule has 0 spiro atoms. The van der Waals surface area contributed by atoms with Crippen LogP contribution < -0.4 is 4.90 Å². The maximum atomic E-state index is 12.4. The molecule has 1 aromatic rings. The second-order valence-corrected chi connectivity index (χ2v) is 5.34. The van der Waals surface area contributed by atoms with Crippen LogP contribution in [0, 0.1) is 11.8 Å². The fourth-order valence-corrected chi connectivity index (χ4v) is 2.45. The maximum absolute atomic E-state index is 12.4. The van der Waals surface area contributed by atoms with Crippen molar-refractivity contribution in [1.82, 2.24) is 4.90 Å². The molecule has 1 aliphatic rings. The van der Waals surface area contributed by atoms with Gasteiger partial charge in [0.05, 0.1) is 5.92 Å². The second-order valence-electron chi connectivity index (χ2n) is 5.34.